The van der Waals surface area contributed by atoms with Gasteiger partial charge in [-0.25, -0.2) is 0 Å². The number of allylic oxidation sites excluding steroid dienone is 2. The van der Waals surface area contributed by atoms with E-state index >= 15 is 0 Å². The molecule has 1 aliphatic heterocycles. The quantitative estimate of drug-likeness (QED) is 0.172. The molecule has 8 aromatic carbocycles. The zero-order valence-electron chi connectivity index (χ0n) is 31.2. The first-order chi connectivity index (χ1) is 28.3. The molecular weight excluding hydrogens is 691 g/mol. The molecule has 268 valence electrons. The number of benzene rings is 8. The van der Waals surface area contributed by atoms with E-state index in [0.29, 0.717) is 5.92 Å². The third-order valence-electron chi connectivity index (χ3n) is 12.2. The van der Waals surface area contributed by atoms with E-state index in [0.717, 1.165) is 5.69 Å². The van der Waals surface area contributed by atoms with Crippen molar-refractivity contribution in [2.24, 2.45) is 0 Å². The van der Waals surface area contributed by atoms with Gasteiger partial charge in [0.15, 0.2) is 0 Å². The van der Waals surface area contributed by atoms with Gasteiger partial charge in [0.2, 0.25) is 0 Å². The lowest BCUT2D eigenvalue weighted by molar-refractivity contribution is 0.745. The molecule has 0 saturated heterocycles. The summed E-state index contributed by atoms with van der Waals surface area (Å²) in [6.45, 7) is 0. The van der Waals surface area contributed by atoms with Crippen LogP contribution in [0.3, 0.4) is 0 Å². The molecule has 2 atom stereocenters. The highest BCUT2D eigenvalue weighted by atomic mass is 15.2. The van der Waals surface area contributed by atoms with Crippen molar-refractivity contribution in [1.82, 2.24) is 9.13 Å². The molecule has 2 aromatic heterocycles. The Kier molecular flexibility index (Phi) is 7.05. The van der Waals surface area contributed by atoms with E-state index in [1.165, 1.54) is 88.5 Å². The average molecular weight is 728 g/mol. The second-order valence-corrected chi connectivity index (χ2v) is 15.3. The van der Waals surface area contributed by atoms with Crippen LogP contribution in [0, 0.1) is 0 Å². The molecule has 57 heavy (non-hydrogen) atoms. The third kappa shape index (κ3) is 4.92. The Morgan fingerprint density at radius 1 is 0.333 bits per heavy atom. The molecule has 1 aliphatic carbocycles. The first-order valence-electron chi connectivity index (χ1n) is 19.8. The van der Waals surface area contributed by atoms with E-state index in [4.69, 9.17) is 0 Å². The number of aromatic nitrogens is 2. The number of nitrogens with zero attached hydrogens (tertiary/aromatic N) is 3. The highest BCUT2D eigenvalue weighted by molar-refractivity contribution is 6.13. The van der Waals surface area contributed by atoms with Gasteiger partial charge in [0.05, 0.1) is 28.1 Å². The fourth-order valence-corrected chi connectivity index (χ4v) is 9.66. The molecule has 3 heterocycles. The van der Waals surface area contributed by atoms with Crippen LogP contribution >= 0.6 is 0 Å². The van der Waals surface area contributed by atoms with Gasteiger partial charge in [-0.15, -0.1) is 0 Å². The number of fused-ring (bicyclic) bond motifs is 9. The van der Waals surface area contributed by atoms with Crippen molar-refractivity contribution in [3.05, 3.63) is 218 Å². The lowest BCUT2D eigenvalue weighted by Crippen LogP contribution is -2.28. The second kappa shape index (κ2) is 12.6. The SMILES string of the molecule is C1=CC2c3cc(-c4ccc5c(c4)c4cc(-c6ccc7c(c6)c6ccccc6n7-c6ccccc6)ccc4n5-c4ccccc4)ccc3N(c3ccccc3)C2C=C1. The number of hydrogen-bond acceptors (Lipinski definition) is 1. The Bertz CT molecular complexity index is 3240. The number of anilines is 2. The summed E-state index contributed by atoms with van der Waals surface area (Å²) < 4.78 is 4.80. The first-order valence-corrected chi connectivity index (χ1v) is 19.8. The van der Waals surface area contributed by atoms with Gasteiger partial charge in [-0.3, -0.25) is 0 Å². The average Bonchev–Trinajstić information content (AvgIpc) is 3.92. The van der Waals surface area contributed by atoms with Crippen molar-refractivity contribution < 1.29 is 0 Å². The molecule has 0 spiro atoms. The summed E-state index contributed by atoms with van der Waals surface area (Å²) >= 11 is 0. The van der Waals surface area contributed by atoms with E-state index in [-0.39, 0.29) is 6.04 Å². The van der Waals surface area contributed by atoms with Crippen molar-refractivity contribution in [1.29, 1.82) is 0 Å². The Labute approximate surface area is 331 Å². The van der Waals surface area contributed by atoms with Gasteiger partial charge >= 0.3 is 0 Å². The zero-order valence-corrected chi connectivity index (χ0v) is 31.2. The van der Waals surface area contributed by atoms with Gasteiger partial charge in [-0.1, -0.05) is 121 Å². The molecule has 12 rings (SSSR count). The maximum atomic E-state index is 2.50. The largest absolute Gasteiger partial charge is 0.333 e. The molecule has 2 aliphatic rings. The van der Waals surface area contributed by atoms with Crippen LogP contribution in [0.2, 0.25) is 0 Å². The molecule has 0 saturated carbocycles. The van der Waals surface area contributed by atoms with Crippen LogP contribution in [0.4, 0.5) is 11.4 Å². The minimum Gasteiger partial charge on any atom is -0.333 e. The molecule has 3 nitrogen and oxygen atoms in total. The van der Waals surface area contributed by atoms with Crippen LogP contribution in [0.25, 0.3) is 77.2 Å². The predicted molar refractivity (Wildman–Crippen MR) is 239 cm³/mol. The van der Waals surface area contributed by atoms with E-state index < -0.39 is 0 Å². The van der Waals surface area contributed by atoms with Gasteiger partial charge < -0.3 is 14.0 Å². The molecule has 0 amide bonds. The third-order valence-corrected chi connectivity index (χ3v) is 12.2. The fourth-order valence-electron chi connectivity index (χ4n) is 9.66. The van der Waals surface area contributed by atoms with Gasteiger partial charge in [-0.2, -0.15) is 0 Å². The first kappa shape index (κ1) is 31.9. The fraction of sp³-hybridized carbons (Fsp3) is 0.0370. The van der Waals surface area contributed by atoms with E-state index in [1.54, 1.807) is 0 Å². The smallest absolute Gasteiger partial charge is 0.0629 e. The van der Waals surface area contributed by atoms with Crippen LogP contribution in [0.5, 0.6) is 0 Å². The highest BCUT2D eigenvalue weighted by Crippen LogP contribution is 2.49. The van der Waals surface area contributed by atoms with Crippen molar-refractivity contribution in [2.45, 2.75) is 12.0 Å². The zero-order chi connectivity index (χ0) is 37.5. The number of para-hydroxylation sites is 4. The molecule has 0 radical (unpaired) electrons. The van der Waals surface area contributed by atoms with Gasteiger partial charge in [-0.05, 0) is 119 Å². The normalized spacial score (nSPS) is 15.9. The Hall–Kier alpha value is -7.36. The second-order valence-electron chi connectivity index (χ2n) is 15.3. The summed E-state index contributed by atoms with van der Waals surface area (Å²) in [5.41, 5.74) is 15.9. The topological polar surface area (TPSA) is 13.1 Å². The minimum absolute atomic E-state index is 0.265. The summed E-state index contributed by atoms with van der Waals surface area (Å²) in [6.07, 6.45) is 9.10. The van der Waals surface area contributed by atoms with E-state index in [1.807, 2.05) is 0 Å². The van der Waals surface area contributed by atoms with Gasteiger partial charge in [0.25, 0.3) is 0 Å². The van der Waals surface area contributed by atoms with Crippen LogP contribution < -0.4 is 4.90 Å². The minimum atomic E-state index is 0.265. The lowest BCUT2D eigenvalue weighted by atomic mass is 9.89. The standard InChI is InChI=1S/C54H37N3/c1-4-14-40(15-5-1)55-49-22-12-10-20-43(49)45-32-36(24-28-51(45)55)38-26-30-53-47(34-38)48-35-39(27-31-54(48)57(53)42-18-8-3-9-19-42)37-25-29-52-46(33-37)44-21-11-13-23-50(44)56(52)41-16-6-2-7-17-41/h1-35,43,49H. The lowest BCUT2D eigenvalue weighted by Gasteiger charge is -2.28. The Morgan fingerprint density at radius 2 is 0.772 bits per heavy atom. The van der Waals surface area contributed by atoms with Crippen molar-refractivity contribution >= 4 is 55.0 Å². The van der Waals surface area contributed by atoms with Crippen LogP contribution in [-0.4, -0.2) is 15.2 Å². The monoisotopic (exact) mass is 727 g/mol. The molecule has 2 unspecified atom stereocenters. The Balaban J connectivity index is 1.02. The van der Waals surface area contributed by atoms with E-state index in [2.05, 4.69) is 226 Å². The molecule has 0 bridgehead atoms. The van der Waals surface area contributed by atoms with Crippen molar-refractivity contribution in [3.8, 4) is 33.6 Å². The highest BCUT2D eigenvalue weighted by Gasteiger charge is 2.37. The molecule has 0 N–H and O–H groups in total. The molecule has 10 aromatic rings. The summed E-state index contributed by atoms with van der Waals surface area (Å²) in [5.74, 6) is 0.301. The summed E-state index contributed by atoms with van der Waals surface area (Å²) in [5, 5.41) is 5.02. The maximum Gasteiger partial charge on any atom is 0.0629 e. The number of hydrogen-bond donors (Lipinski definition) is 0. The van der Waals surface area contributed by atoms with Crippen LogP contribution in [0.1, 0.15) is 11.5 Å². The molecular formula is C54H37N3. The maximum absolute atomic E-state index is 2.50. The van der Waals surface area contributed by atoms with Gasteiger partial charge in [0, 0.05) is 50.2 Å². The molecule has 0 fully saturated rings. The van der Waals surface area contributed by atoms with Crippen molar-refractivity contribution in [3.63, 3.8) is 0 Å². The number of rotatable bonds is 5. The Morgan fingerprint density at radius 3 is 1.35 bits per heavy atom. The van der Waals surface area contributed by atoms with Crippen molar-refractivity contribution in [2.75, 3.05) is 4.90 Å². The summed E-state index contributed by atoms with van der Waals surface area (Å²) in [7, 11) is 0. The summed E-state index contributed by atoms with van der Waals surface area (Å²) in [4.78, 5) is 2.50. The summed E-state index contributed by atoms with van der Waals surface area (Å²) in [6, 6.07) is 69.3. The van der Waals surface area contributed by atoms with E-state index in [9.17, 15) is 0 Å². The molecule has 3 heteroatoms. The predicted octanol–water partition coefficient (Wildman–Crippen LogP) is 13.9. The van der Waals surface area contributed by atoms with Crippen LogP contribution in [0.15, 0.2) is 212 Å². The van der Waals surface area contributed by atoms with Gasteiger partial charge in [0.1, 0.15) is 0 Å². The van der Waals surface area contributed by atoms with Crippen LogP contribution in [-0.2, 0) is 0 Å².